The lowest BCUT2D eigenvalue weighted by atomic mass is 9.84. The van der Waals surface area contributed by atoms with E-state index >= 15 is 0 Å². The highest BCUT2D eigenvalue weighted by Gasteiger charge is 2.32. The third kappa shape index (κ3) is 4.21. The van der Waals surface area contributed by atoms with Crippen LogP contribution in [0.3, 0.4) is 0 Å². The third-order valence-electron chi connectivity index (χ3n) is 5.52. The SMILES string of the molecule is Cc1ccc(C2=NO[C@H](CN(Cc3ccccc3)C(=O)C3CCC3)C2)cc1. The molecular formula is C23H26N2O2. The van der Waals surface area contributed by atoms with E-state index in [4.69, 9.17) is 4.84 Å². The summed E-state index contributed by atoms with van der Waals surface area (Å²) < 4.78 is 0. The summed E-state index contributed by atoms with van der Waals surface area (Å²) in [5.74, 6) is 0.449. The lowest BCUT2D eigenvalue weighted by Gasteiger charge is -2.32. The van der Waals surface area contributed by atoms with Crippen molar-refractivity contribution in [3.05, 3.63) is 71.3 Å². The van der Waals surface area contributed by atoms with Gasteiger partial charge in [-0.2, -0.15) is 0 Å². The van der Waals surface area contributed by atoms with Crippen molar-refractivity contribution < 1.29 is 9.63 Å². The van der Waals surface area contributed by atoms with Crippen LogP contribution in [0.4, 0.5) is 0 Å². The molecule has 0 bridgehead atoms. The topological polar surface area (TPSA) is 41.9 Å². The quantitative estimate of drug-likeness (QED) is 0.768. The highest BCUT2D eigenvalue weighted by molar-refractivity contribution is 6.01. The molecule has 2 aromatic rings. The lowest BCUT2D eigenvalue weighted by molar-refractivity contribution is -0.140. The molecule has 0 aromatic heterocycles. The number of oxime groups is 1. The molecule has 4 heteroatoms. The summed E-state index contributed by atoms with van der Waals surface area (Å²) in [4.78, 5) is 20.6. The van der Waals surface area contributed by atoms with Gasteiger partial charge in [-0.1, -0.05) is 71.7 Å². The van der Waals surface area contributed by atoms with Crippen LogP contribution >= 0.6 is 0 Å². The summed E-state index contributed by atoms with van der Waals surface area (Å²) in [5, 5.41) is 4.29. The molecule has 2 aliphatic rings. The second-order valence-corrected chi connectivity index (χ2v) is 7.67. The van der Waals surface area contributed by atoms with Crippen LogP contribution in [0.1, 0.15) is 42.4 Å². The number of aryl methyl sites for hydroxylation is 1. The molecule has 4 nitrogen and oxygen atoms in total. The van der Waals surface area contributed by atoms with Gasteiger partial charge in [0.1, 0.15) is 0 Å². The van der Waals surface area contributed by atoms with Crippen LogP contribution in [-0.2, 0) is 16.2 Å². The van der Waals surface area contributed by atoms with Gasteiger partial charge in [-0.25, -0.2) is 0 Å². The highest BCUT2D eigenvalue weighted by atomic mass is 16.6. The Hall–Kier alpha value is -2.62. The van der Waals surface area contributed by atoms with Crippen LogP contribution in [0, 0.1) is 12.8 Å². The summed E-state index contributed by atoms with van der Waals surface area (Å²) in [5.41, 5.74) is 4.46. The van der Waals surface area contributed by atoms with Crippen molar-refractivity contribution in [3.63, 3.8) is 0 Å². The van der Waals surface area contributed by atoms with Gasteiger partial charge in [-0.05, 0) is 30.9 Å². The van der Waals surface area contributed by atoms with Crippen molar-refractivity contribution in [1.29, 1.82) is 0 Å². The third-order valence-corrected chi connectivity index (χ3v) is 5.52. The summed E-state index contributed by atoms with van der Waals surface area (Å²) in [6, 6.07) is 18.5. The summed E-state index contributed by atoms with van der Waals surface area (Å²) in [7, 11) is 0. The predicted molar refractivity (Wildman–Crippen MR) is 106 cm³/mol. The first-order chi connectivity index (χ1) is 13.2. The molecule has 0 radical (unpaired) electrons. The van der Waals surface area contributed by atoms with E-state index in [1.807, 2.05) is 23.1 Å². The zero-order valence-electron chi connectivity index (χ0n) is 15.8. The maximum absolute atomic E-state index is 12.9. The Morgan fingerprint density at radius 2 is 1.85 bits per heavy atom. The fourth-order valence-electron chi connectivity index (χ4n) is 3.64. The van der Waals surface area contributed by atoms with Gasteiger partial charge in [0, 0.05) is 18.9 Å². The number of amides is 1. The van der Waals surface area contributed by atoms with E-state index in [-0.39, 0.29) is 17.9 Å². The van der Waals surface area contributed by atoms with Crippen molar-refractivity contribution in [2.75, 3.05) is 6.54 Å². The number of nitrogens with zero attached hydrogens (tertiary/aromatic N) is 2. The predicted octanol–water partition coefficient (Wildman–Crippen LogP) is 4.32. The fourth-order valence-corrected chi connectivity index (χ4v) is 3.64. The first-order valence-corrected chi connectivity index (χ1v) is 9.81. The van der Waals surface area contributed by atoms with Crippen LogP contribution in [0.5, 0.6) is 0 Å². The van der Waals surface area contributed by atoms with Gasteiger partial charge in [0.25, 0.3) is 0 Å². The first kappa shape index (κ1) is 17.8. The maximum Gasteiger partial charge on any atom is 0.226 e. The molecule has 1 fully saturated rings. The molecule has 2 aromatic carbocycles. The van der Waals surface area contributed by atoms with Crippen molar-refractivity contribution in [2.24, 2.45) is 11.1 Å². The van der Waals surface area contributed by atoms with Crippen LogP contribution < -0.4 is 0 Å². The van der Waals surface area contributed by atoms with E-state index in [0.29, 0.717) is 13.1 Å². The molecule has 0 saturated heterocycles. The number of hydrogen-bond donors (Lipinski definition) is 0. The minimum absolute atomic E-state index is 0.0750. The van der Waals surface area contributed by atoms with Crippen LogP contribution in [-0.4, -0.2) is 29.2 Å². The molecule has 0 N–H and O–H groups in total. The van der Waals surface area contributed by atoms with E-state index < -0.39 is 0 Å². The second-order valence-electron chi connectivity index (χ2n) is 7.67. The standard InChI is InChI=1S/C23H26N2O2/c1-17-10-12-19(13-11-17)22-14-21(27-24-22)16-25(23(26)20-8-5-9-20)15-18-6-3-2-4-7-18/h2-4,6-7,10-13,20-21H,5,8-9,14-16H2,1H3/t21-/m0/s1. The average Bonchev–Trinajstić information content (AvgIpc) is 3.10. The van der Waals surface area contributed by atoms with Crippen LogP contribution in [0.25, 0.3) is 0 Å². The molecule has 4 rings (SSSR count). The largest absolute Gasteiger partial charge is 0.390 e. The summed E-state index contributed by atoms with van der Waals surface area (Å²) in [6.45, 7) is 3.30. The Morgan fingerprint density at radius 1 is 1.11 bits per heavy atom. The molecule has 0 unspecified atom stereocenters. The number of carbonyl (C=O) groups is 1. The van der Waals surface area contributed by atoms with E-state index in [1.165, 1.54) is 5.56 Å². The Labute approximate surface area is 160 Å². The minimum Gasteiger partial charge on any atom is -0.390 e. The fraction of sp³-hybridized carbons (Fsp3) is 0.391. The minimum atomic E-state index is -0.0750. The molecule has 1 aliphatic carbocycles. The first-order valence-electron chi connectivity index (χ1n) is 9.81. The molecule has 1 amide bonds. The van der Waals surface area contributed by atoms with Gasteiger partial charge in [0.2, 0.25) is 5.91 Å². The monoisotopic (exact) mass is 362 g/mol. The van der Waals surface area contributed by atoms with Gasteiger partial charge in [-0.3, -0.25) is 4.79 Å². The van der Waals surface area contributed by atoms with Gasteiger partial charge in [0.15, 0.2) is 6.10 Å². The van der Waals surface area contributed by atoms with Crippen LogP contribution in [0.2, 0.25) is 0 Å². The Kier molecular flexibility index (Phi) is 5.23. The molecule has 0 spiro atoms. The smallest absolute Gasteiger partial charge is 0.226 e. The Morgan fingerprint density at radius 3 is 2.52 bits per heavy atom. The van der Waals surface area contributed by atoms with Gasteiger partial charge < -0.3 is 9.74 Å². The molecule has 1 heterocycles. The Bertz CT molecular complexity index is 810. The van der Waals surface area contributed by atoms with E-state index in [2.05, 4.69) is 48.5 Å². The number of rotatable bonds is 6. The molecule has 140 valence electrons. The number of hydrogen-bond acceptors (Lipinski definition) is 3. The van der Waals surface area contributed by atoms with Gasteiger partial charge in [-0.15, -0.1) is 0 Å². The maximum atomic E-state index is 12.9. The van der Waals surface area contributed by atoms with E-state index in [1.54, 1.807) is 0 Å². The van der Waals surface area contributed by atoms with Crippen molar-refractivity contribution >= 4 is 11.6 Å². The Balaban J connectivity index is 1.42. The van der Waals surface area contributed by atoms with E-state index in [9.17, 15) is 4.79 Å². The zero-order chi connectivity index (χ0) is 18.6. The van der Waals surface area contributed by atoms with Crippen LogP contribution in [0.15, 0.2) is 59.8 Å². The average molecular weight is 362 g/mol. The number of carbonyl (C=O) groups excluding carboxylic acids is 1. The normalized spacial score (nSPS) is 19.1. The zero-order valence-corrected chi connectivity index (χ0v) is 15.8. The molecule has 1 atom stereocenters. The summed E-state index contributed by atoms with van der Waals surface area (Å²) >= 11 is 0. The second kappa shape index (κ2) is 7.95. The highest BCUT2D eigenvalue weighted by Crippen LogP contribution is 2.29. The number of benzene rings is 2. The molecular weight excluding hydrogens is 336 g/mol. The van der Waals surface area contributed by atoms with Crippen molar-refractivity contribution in [3.8, 4) is 0 Å². The molecule has 1 saturated carbocycles. The van der Waals surface area contributed by atoms with Gasteiger partial charge in [0.05, 0.1) is 12.3 Å². The lowest BCUT2D eigenvalue weighted by Crippen LogP contribution is -2.42. The van der Waals surface area contributed by atoms with Gasteiger partial charge >= 0.3 is 0 Å². The van der Waals surface area contributed by atoms with E-state index in [0.717, 1.165) is 42.5 Å². The van der Waals surface area contributed by atoms with Crippen molar-refractivity contribution in [1.82, 2.24) is 4.90 Å². The van der Waals surface area contributed by atoms with Crippen molar-refractivity contribution in [2.45, 2.75) is 45.3 Å². The summed E-state index contributed by atoms with van der Waals surface area (Å²) in [6.07, 6.45) is 3.86. The molecule has 27 heavy (non-hydrogen) atoms. The molecule has 1 aliphatic heterocycles.